The maximum atomic E-state index is 5.35. The molecule has 1 radical (unpaired) electrons. The van der Waals surface area contributed by atoms with Crippen molar-refractivity contribution in [2.45, 2.75) is 20.3 Å². The molecular formula is C16H19O. The molecule has 0 saturated carbocycles. The molecule has 1 nitrogen and oxygen atoms in total. The lowest BCUT2D eigenvalue weighted by molar-refractivity contribution is 0.824. The van der Waals surface area contributed by atoms with Crippen LogP contribution in [0.4, 0.5) is 0 Å². The average molecular weight is 227 g/mol. The standard InChI is InChI=1S/C14H12.C2H5.H2O/c1-3-11-5-7-14-10-12(4-2)6-8-13(14)9-11;1-2;/h1,5-10H,4H2,2H3;1H2,2H3;1H2. The molecule has 0 bridgehead atoms. The van der Waals surface area contributed by atoms with Gasteiger partial charge in [-0.05, 0) is 34.9 Å². The Balaban J connectivity index is 0.000000811. The van der Waals surface area contributed by atoms with Crippen LogP contribution in [0.15, 0.2) is 36.4 Å². The highest BCUT2D eigenvalue weighted by molar-refractivity contribution is 5.84. The van der Waals surface area contributed by atoms with E-state index in [1.165, 1.54) is 16.3 Å². The second kappa shape index (κ2) is 7.49. The summed E-state index contributed by atoms with van der Waals surface area (Å²) < 4.78 is 0. The number of aryl methyl sites for hydroxylation is 1. The largest absolute Gasteiger partial charge is 0.412 e. The minimum Gasteiger partial charge on any atom is -0.412 e. The smallest absolute Gasteiger partial charge is 0.0248 e. The van der Waals surface area contributed by atoms with Crippen LogP contribution < -0.4 is 0 Å². The fourth-order valence-electron chi connectivity index (χ4n) is 1.60. The lowest BCUT2D eigenvalue weighted by Gasteiger charge is -2.01. The fraction of sp³-hybridized carbons (Fsp3) is 0.188. The zero-order valence-corrected chi connectivity index (χ0v) is 10.5. The van der Waals surface area contributed by atoms with Crippen LogP contribution in [-0.2, 0) is 6.42 Å². The number of hydrogen-bond acceptors (Lipinski definition) is 0. The van der Waals surface area contributed by atoms with Crippen molar-refractivity contribution < 1.29 is 5.48 Å². The van der Waals surface area contributed by atoms with Crippen molar-refractivity contribution >= 4 is 10.8 Å². The summed E-state index contributed by atoms with van der Waals surface area (Å²) in [4.78, 5) is 0. The van der Waals surface area contributed by atoms with Gasteiger partial charge < -0.3 is 5.48 Å². The van der Waals surface area contributed by atoms with Gasteiger partial charge in [0.15, 0.2) is 0 Å². The molecule has 2 N–H and O–H groups in total. The summed E-state index contributed by atoms with van der Waals surface area (Å²) >= 11 is 0. The molecule has 0 spiro atoms. The first-order valence-electron chi connectivity index (χ1n) is 5.53. The summed E-state index contributed by atoms with van der Waals surface area (Å²) in [6, 6.07) is 12.6. The molecule has 2 aromatic carbocycles. The predicted octanol–water partition coefficient (Wildman–Crippen LogP) is 3.40. The van der Waals surface area contributed by atoms with Gasteiger partial charge in [0.25, 0.3) is 0 Å². The molecule has 0 aliphatic carbocycles. The van der Waals surface area contributed by atoms with Gasteiger partial charge in [-0.3, -0.25) is 0 Å². The van der Waals surface area contributed by atoms with Crippen LogP contribution in [-0.4, -0.2) is 5.48 Å². The van der Waals surface area contributed by atoms with Crippen molar-refractivity contribution in [3.8, 4) is 12.3 Å². The molecule has 0 aliphatic rings. The summed E-state index contributed by atoms with van der Waals surface area (Å²) in [7, 11) is 0. The summed E-state index contributed by atoms with van der Waals surface area (Å²) in [6.45, 7) is 7.16. The molecule has 2 aromatic rings. The molecule has 0 amide bonds. The number of fused-ring (bicyclic) bond motifs is 1. The van der Waals surface area contributed by atoms with Crippen LogP contribution in [0, 0.1) is 19.3 Å². The number of hydrogen-bond donors (Lipinski definition) is 0. The minimum atomic E-state index is 0. The molecule has 0 aliphatic heterocycles. The topological polar surface area (TPSA) is 31.5 Å². The van der Waals surface area contributed by atoms with E-state index in [4.69, 9.17) is 6.42 Å². The molecule has 0 unspecified atom stereocenters. The molecule has 0 aromatic heterocycles. The number of benzene rings is 2. The quantitative estimate of drug-likeness (QED) is 0.669. The van der Waals surface area contributed by atoms with E-state index in [9.17, 15) is 0 Å². The minimum absolute atomic E-state index is 0. The van der Waals surface area contributed by atoms with Crippen molar-refractivity contribution in [1.82, 2.24) is 0 Å². The summed E-state index contributed by atoms with van der Waals surface area (Å²) in [5, 5.41) is 2.49. The first kappa shape index (κ1) is 15.2. The van der Waals surface area contributed by atoms with Gasteiger partial charge in [-0.1, -0.05) is 51.0 Å². The second-order valence-electron chi connectivity index (χ2n) is 3.39. The van der Waals surface area contributed by atoms with E-state index < -0.39 is 0 Å². The highest BCUT2D eigenvalue weighted by Crippen LogP contribution is 2.17. The van der Waals surface area contributed by atoms with Crippen molar-refractivity contribution in [3.63, 3.8) is 0 Å². The molecule has 89 valence electrons. The van der Waals surface area contributed by atoms with E-state index in [0.717, 1.165) is 12.0 Å². The monoisotopic (exact) mass is 227 g/mol. The Hall–Kier alpha value is -1.78. The third kappa shape index (κ3) is 3.62. The third-order valence-electron chi connectivity index (χ3n) is 2.48. The van der Waals surface area contributed by atoms with E-state index in [2.05, 4.69) is 50.1 Å². The predicted molar refractivity (Wildman–Crippen MR) is 75.9 cm³/mol. The molecule has 0 atom stereocenters. The molecule has 0 saturated heterocycles. The maximum absolute atomic E-state index is 5.35. The molecular weight excluding hydrogens is 208 g/mol. The number of rotatable bonds is 1. The molecule has 0 heterocycles. The van der Waals surface area contributed by atoms with Gasteiger partial charge in [0.2, 0.25) is 0 Å². The second-order valence-corrected chi connectivity index (χ2v) is 3.39. The SMILES string of the molecule is C#Cc1ccc2cc(CC)ccc2c1.O.[CH2]C. The van der Waals surface area contributed by atoms with Gasteiger partial charge in [-0.2, -0.15) is 0 Å². The Morgan fingerprint density at radius 3 is 2.24 bits per heavy atom. The van der Waals surface area contributed by atoms with Crippen LogP contribution in [0.3, 0.4) is 0 Å². The zero-order chi connectivity index (χ0) is 12.0. The van der Waals surface area contributed by atoms with E-state index in [-0.39, 0.29) is 5.48 Å². The lowest BCUT2D eigenvalue weighted by atomic mass is 10.0. The van der Waals surface area contributed by atoms with Gasteiger partial charge in [0, 0.05) is 5.56 Å². The van der Waals surface area contributed by atoms with Crippen LogP contribution in [0.25, 0.3) is 10.8 Å². The molecule has 17 heavy (non-hydrogen) atoms. The normalized spacial score (nSPS) is 8.59. The maximum Gasteiger partial charge on any atom is 0.0248 e. The number of terminal acetylenes is 1. The molecule has 0 fully saturated rings. The van der Waals surface area contributed by atoms with Crippen molar-refractivity contribution in [3.05, 3.63) is 54.4 Å². The molecule has 2 rings (SSSR count). The Kier molecular flexibility index (Phi) is 6.70. The van der Waals surface area contributed by atoms with Crippen molar-refractivity contribution in [2.75, 3.05) is 0 Å². The summed E-state index contributed by atoms with van der Waals surface area (Å²) in [6.07, 6.45) is 6.42. The molecule has 1 heteroatoms. The first-order valence-corrected chi connectivity index (χ1v) is 5.53. The Bertz CT molecular complexity index is 506. The van der Waals surface area contributed by atoms with Gasteiger partial charge in [0.1, 0.15) is 0 Å². The van der Waals surface area contributed by atoms with Gasteiger partial charge in [-0.25, -0.2) is 0 Å². The highest BCUT2D eigenvalue weighted by Gasteiger charge is 1.95. The third-order valence-corrected chi connectivity index (χ3v) is 2.48. The van der Waals surface area contributed by atoms with Crippen molar-refractivity contribution in [1.29, 1.82) is 0 Å². The van der Waals surface area contributed by atoms with Crippen LogP contribution in [0.1, 0.15) is 25.0 Å². The summed E-state index contributed by atoms with van der Waals surface area (Å²) in [5.74, 6) is 2.65. The Morgan fingerprint density at radius 1 is 1.06 bits per heavy atom. The van der Waals surface area contributed by atoms with Gasteiger partial charge >= 0.3 is 0 Å². The van der Waals surface area contributed by atoms with E-state index in [0.29, 0.717) is 0 Å². The van der Waals surface area contributed by atoms with Crippen LogP contribution in [0.2, 0.25) is 0 Å². The van der Waals surface area contributed by atoms with Gasteiger partial charge in [0.05, 0.1) is 0 Å². The van der Waals surface area contributed by atoms with E-state index >= 15 is 0 Å². The lowest BCUT2D eigenvalue weighted by Crippen LogP contribution is -1.81. The Labute approximate surface area is 104 Å². The van der Waals surface area contributed by atoms with E-state index in [1.807, 2.05) is 6.07 Å². The van der Waals surface area contributed by atoms with Gasteiger partial charge in [-0.15, -0.1) is 6.42 Å². The highest BCUT2D eigenvalue weighted by atomic mass is 16.0. The average Bonchev–Trinajstić information content (AvgIpc) is 2.39. The van der Waals surface area contributed by atoms with Crippen LogP contribution >= 0.6 is 0 Å². The van der Waals surface area contributed by atoms with E-state index in [1.54, 1.807) is 6.92 Å². The van der Waals surface area contributed by atoms with Crippen LogP contribution in [0.5, 0.6) is 0 Å². The fourth-order valence-corrected chi connectivity index (χ4v) is 1.60. The zero-order valence-electron chi connectivity index (χ0n) is 10.5. The van der Waals surface area contributed by atoms with Crippen molar-refractivity contribution in [2.24, 2.45) is 0 Å². The first-order chi connectivity index (χ1) is 7.83. The Morgan fingerprint density at radius 2 is 1.65 bits per heavy atom. The summed E-state index contributed by atoms with van der Waals surface area (Å²) in [5.41, 5.74) is 2.31.